The first-order chi connectivity index (χ1) is 17.9. The van der Waals surface area contributed by atoms with Crippen LogP contribution in [0.1, 0.15) is 42.5 Å². The lowest BCUT2D eigenvalue weighted by molar-refractivity contribution is -0.151. The Morgan fingerprint density at radius 2 is 2.00 bits per heavy atom. The van der Waals surface area contributed by atoms with Crippen LogP contribution in [0.3, 0.4) is 0 Å². The number of imide groups is 1. The number of fused-ring (bicyclic) bond motifs is 4. The Balaban J connectivity index is 1.60. The van der Waals surface area contributed by atoms with Crippen molar-refractivity contribution in [1.29, 1.82) is 0 Å². The van der Waals surface area contributed by atoms with Gasteiger partial charge < -0.3 is 24.9 Å². The second-order valence-corrected chi connectivity index (χ2v) is 10.3. The molecule has 196 valence electrons. The van der Waals surface area contributed by atoms with E-state index in [2.05, 4.69) is 10.3 Å². The van der Waals surface area contributed by atoms with E-state index in [9.17, 15) is 14.7 Å². The summed E-state index contributed by atoms with van der Waals surface area (Å²) >= 11 is 0. The van der Waals surface area contributed by atoms with Gasteiger partial charge in [0, 0.05) is 55.7 Å². The van der Waals surface area contributed by atoms with Crippen LogP contribution in [-0.2, 0) is 20.7 Å². The lowest BCUT2D eigenvalue weighted by atomic mass is 9.59. The molecule has 2 heterocycles. The third kappa shape index (κ3) is 4.49. The summed E-state index contributed by atoms with van der Waals surface area (Å²) in [6.07, 6.45) is 1.42. The molecule has 37 heavy (non-hydrogen) atoms. The van der Waals surface area contributed by atoms with Gasteiger partial charge >= 0.3 is 0 Å². The predicted octanol–water partition coefficient (Wildman–Crippen LogP) is 3.58. The third-order valence-electron chi connectivity index (χ3n) is 8.15. The van der Waals surface area contributed by atoms with Gasteiger partial charge in [-0.25, -0.2) is 0 Å². The molecular formula is C29H35N3O5. The van der Waals surface area contributed by atoms with E-state index in [-0.39, 0.29) is 29.4 Å². The number of carbonyl (C=O) groups excluding carboxylic acids is 2. The zero-order chi connectivity index (χ0) is 26.2. The highest BCUT2D eigenvalue weighted by Gasteiger charge is 2.54. The average molecular weight is 506 g/mol. The van der Waals surface area contributed by atoms with Crippen LogP contribution < -0.4 is 10.1 Å². The number of hydrogen-bond acceptors (Lipinski definition) is 6. The van der Waals surface area contributed by atoms with Crippen molar-refractivity contribution in [3.05, 3.63) is 59.3 Å². The van der Waals surface area contributed by atoms with E-state index in [1.165, 1.54) is 4.90 Å². The van der Waals surface area contributed by atoms with Crippen molar-refractivity contribution in [2.75, 3.05) is 40.5 Å². The van der Waals surface area contributed by atoms with Crippen molar-refractivity contribution in [3.63, 3.8) is 0 Å². The van der Waals surface area contributed by atoms with Crippen molar-refractivity contribution in [3.8, 4) is 11.5 Å². The zero-order valence-corrected chi connectivity index (χ0v) is 21.7. The number of phenolic OH excluding ortho intramolecular Hbond substituents is 1. The Labute approximate surface area is 216 Å². The first-order valence-electron chi connectivity index (χ1n) is 12.9. The number of methoxy groups -OCH3 is 2. The van der Waals surface area contributed by atoms with E-state index in [1.54, 1.807) is 26.4 Å². The fourth-order valence-corrected chi connectivity index (χ4v) is 6.29. The topological polar surface area (TPSA) is 104 Å². The Bertz CT molecular complexity index is 1320. The summed E-state index contributed by atoms with van der Waals surface area (Å²) in [6.45, 7) is 4.09. The number of aromatic hydroxyl groups is 1. The van der Waals surface area contributed by atoms with Gasteiger partial charge in [0.05, 0.1) is 19.1 Å². The monoisotopic (exact) mass is 505 g/mol. The van der Waals surface area contributed by atoms with Gasteiger partial charge in [0.2, 0.25) is 11.8 Å². The maximum atomic E-state index is 14.2. The second-order valence-electron chi connectivity index (χ2n) is 10.3. The fourth-order valence-electron chi connectivity index (χ4n) is 6.29. The number of nitrogens with zero attached hydrogens (tertiary/aromatic N) is 1. The molecule has 1 saturated heterocycles. The van der Waals surface area contributed by atoms with Crippen molar-refractivity contribution in [2.45, 2.75) is 32.1 Å². The fraction of sp³-hybridized carbons (Fsp3) is 0.448. The number of nitrogens with one attached hydrogen (secondary N) is 2. The molecule has 8 heteroatoms. The second kappa shape index (κ2) is 10.2. The number of hydrogen-bond donors (Lipinski definition) is 3. The summed E-state index contributed by atoms with van der Waals surface area (Å²) in [5, 5.41) is 14.6. The summed E-state index contributed by atoms with van der Waals surface area (Å²) in [5.41, 5.74) is 3.25. The molecule has 0 spiro atoms. The van der Waals surface area contributed by atoms with Crippen LogP contribution in [-0.4, -0.2) is 67.3 Å². The molecule has 3 atom stereocenters. The Kier molecular flexibility index (Phi) is 6.96. The lowest BCUT2D eigenvalue weighted by Gasteiger charge is -2.45. The quantitative estimate of drug-likeness (QED) is 0.319. The molecule has 5 rings (SSSR count). The molecule has 0 bridgehead atoms. The van der Waals surface area contributed by atoms with Crippen LogP contribution >= 0.6 is 0 Å². The number of rotatable bonds is 8. The van der Waals surface area contributed by atoms with E-state index in [0.29, 0.717) is 45.5 Å². The molecule has 2 aliphatic rings. The molecule has 1 aromatic heterocycles. The number of H-pyrrole nitrogens is 1. The van der Waals surface area contributed by atoms with Crippen LogP contribution in [0.25, 0.3) is 10.9 Å². The zero-order valence-electron chi connectivity index (χ0n) is 21.7. The van der Waals surface area contributed by atoms with Crippen LogP contribution in [0.2, 0.25) is 0 Å². The van der Waals surface area contributed by atoms with E-state index in [4.69, 9.17) is 9.47 Å². The standard InChI is InChI=1S/C29H35N3O5/c1-29-17-22-21-16-20(37-3)7-9-24(21)31-27(22)26(18-5-4-6-19(33)15-18)23(29)8-10-25(34)32(28(29)35)13-11-30-12-14-36-2/h4-7,9,15-16,23,26,30-31,33H,8,10-14,17H2,1-3H3/t23?,26?,29-/m1/s1. The minimum absolute atomic E-state index is 0.111. The highest BCUT2D eigenvalue weighted by Crippen LogP contribution is 2.55. The molecule has 3 aromatic rings. The summed E-state index contributed by atoms with van der Waals surface area (Å²) < 4.78 is 10.6. The van der Waals surface area contributed by atoms with E-state index < -0.39 is 5.41 Å². The number of aromatic nitrogens is 1. The lowest BCUT2D eigenvalue weighted by Crippen LogP contribution is -2.51. The first kappa shape index (κ1) is 25.3. The number of benzene rings is 2. The van der Waals surface area contributed by atoms with Crippen LogP contribution in [0.15, 0.2) is 42.5 Å². The van der Waals surface area contributed by atoms with Crippen LogP contribution in [0.4, 0.5) is 0 Å². The molecule has 3 N–H and O–H groups in total. The van der Waals surface area contributed by atoms with Gasteiger partial charge in [-0.3, -0.25) is 14.5 Å². The summed E-state index contributed by atoms with van der Waals surface area (Å²) in [4.78, 5) is 32.5. The summed E-state index contributed by atoms with van der Waals surface area (Å²) in [7, 11) is 3.29. The van der Waals surface area contributed by atoms with E-state index >= 15 is 0 Å². The maximum absolute atomic E-state index is 14.2. The molecule has 2 amide bonds. The number of phenols is 1. The molecular weight excluding hydrogens is 470 g/mol. The minimum atomic E-state index is -0.792. The third-order valence-corrected chi connectivity index (χ3v) is 8.15. The van der Waals surface area contributed by atoms with Crippen LogP contribution in [0, 0.1) is 11.3 Å². The van der Waals surface area contributed by atoms with Crippen molar-refractivity contribution >= 4 is 22.7 Å². The molecule has 0 radical (unpaired) electrons. The highest BCUT2D eigenvalue weighted by molar-refractivity contribution is 6.00. The molecule has 1 aliphatic heterocycles. The Morgan fingerprint density at radius 1 is 1.16 bits per heavy atom. The first-order valence-corrected chi connectivity index (χ1v) is 12.9. The molecule has 2 unspecified atom stereocenters. The van der Waals surface area contributed by atoms with Crippen molar-refractivity contribution in [2.24, 2.45) is 11.3 Å². The number of likely N-dealkylation sites (tertiary alicyclic amines) is 1. The van der Waals surface area contributed by atoms with Crippen molar-refractivity contribution in [1.82, 2.24) is 15.2 Å². The highest BCUT2D eigenvalue weighted by atomic mass is 16.5. The normalized spacial score (nSPS) is 23.6. The number of ether oxygens (including phenoxy) is 2. The largest absolute Gasteiger partial charge is 0.508 e. The van der Waals surface area contributed by atoms with Gasteiger partial charge in [-0.1, -0.05) is 19.1 Å². The van der Waals surface area contributed by atoms with Gasteiger partial charge in [-0.05, 0) is 60.2 Å². The van der Waals surface area contributed by atoms with Gasteiger partial charge in [0.25, 0.3) is 0 Å². The van der Waals surface area contributed by atoms with Crippen molar-refractivity contribution < 1.29 is 24.2 Å². The number of aromatic amines is 1. The van der Waals surface area contributed by atoms with Crippen LogP contribution in [0.5, 0.6) is 11.5 Å². The predicted molar refractivity (Wildman–Crippen MR) is 141 cm³/mol. The number of amides is 2. The minimum Gasteiger partial charge on any atom is -0.508 e. The molecule has 0 saturated carbocycles. The summed E-state index contributed by atoms with van der Waals surface area (Å²) in [6, 6.07) is 13.2. The summed E-state index contributed by atoms with van der Waals surface area (Å²) in [5.74, 6) is 0.404. The van der Waals surface area contributed by atoms with E-state index in [0.717, 1.165) is 33.5 Å². The van der Waals surface area contributed by atoms with Gasteiger partial charge in [0.1, 0.15) is 11.5 Å². The van der Waals surface area contributed by atoms with Gasteiger partial charge in [0.15, 0.2) is 0 Å². The SMILES string of the molecule is COCCNCCN1C(=O)CCC2C(c3cccc(O)c3)c3[nH]c4ccc(OC)cc4c3C[C@@]2(C)C1=O. The molecule has 1 fully saturated rings. The number of carbonyl (C=O) groups is 2. The smallest absolute Gasteiger partial charge is 0.235 e. The van der Waals surface area contributed by atoms with Gasteiger partial charge in [-0.2, -0.15) is 0 Å². The average Bonchev–Trinajstić information content (AvgIpc) is 3.21. The molecule has 2 aromatic carbocycles. The molecule has 8 nitrogen and oxygen atoms in total. The Hall–Kier alpha value is -3.36. The van der Waals surface area contributed by atoms with E-state index in [1.807, 2.05) is 37.3 Å². The molecule has 1 aliphatic carbocycles. The maximum Gasteiger partial charge on any atom is 0.235 e. The Morgan fingerprint density at radius 3 is 2.76 bits per heavy atom. The van der Waals surface area contributed by atoms with Gasteiger partial charge in [-0.15, -0.1) is 0 Å².